The Labute approximate surface area is 216 Å². The van der Waals surface area contributed by atoms with Crippen LogP contribution < -0.4 is 21.1 Å². The van der Waals surface area contributed by atoms with Gasteiger partial charge in [0.1, 0.15) is 11.6 Å². The van der Waals surface area contributed by atoms with Gasteiger partial charge in [0.25, 0.3) is 5.91 Å². The van der Waals surface area contributed by atoms with Crippen molar-refractivity contribution in [3.63, 3.8) is 0 Å². The summed E-state index contributed by atoms with van der Waals surface area (Å²) < 4.78 is 30.0. The van der Waals surface area contributed by atoms with Crippen LogP contribution in [-0.2, 0) is 21.5 Å². The van der Waals surface area contributed by atoms with E-state index in [4.69, 9.17) is 11.5 Å². The summed E-state index contributed by atoms with van der Waals surface area (Å²) in [6.45, 7) is -1.38. The lowest BCUT2D eigenvalue weighted by molar-refractivity contribution is -0.121. The highest BCUT2D eigenvalue weighted by Gasteiger charge is 2.51. The number of amides is 1. The number of hydrogen-bond acceptors (Lipinski definition) is 6. The first kappa shape index (κ1) is 25.1. The van der Waals surface area contributed by atoms with E-state index < -0.39 is 24.1 Å². The highest BCUT2D eigenvalue weighted by molar-refractivity contribution is 6.24. The predicted molar refractivity (Wildman–Crippen MR) is 140 cm³/mol. The Balaban J connectivity index is 1.64. The van der Waals surface area contributed by atoms with E-state index in [1.807, 2.05) is 24.3 Å². The van der Waals surface area contributed by atoms with Crippen LogP contribution in [0.15, 0.2) is 83.9 Å². The number of anilines is 1. The van der Waals surface area contributed by atoms with Gasteiger partial charge in [0.05, 0.1) is 6.04 Å². The second-order valence-electron chi connectivity index (χ2n) is 9.10. The van der Waals surface area contributed by atoms with E-state index in [0.29, 0.717) is 22.5 Å². The highest BCUT2D eigenvalue weighted by atomic mass is 19.3. The van der Waals surface area contributed by atoms with Crippen LogP contribution in [0.3, 0.4) is 0 Å². The Morgan fingerprint density at radius 1 is 1.05 bits per heavy atom. The molecule has 0 saturated heterocycles. The summed E-state index contributed by atoms with van der Waals surface area (Å²) in [5.41, 5.74) is 12.8. The molecule has 0 spiro atoms. The highest BCUT2D eigenvalue weighted by Crippen LogP contribution is 2.42. The number of carbonyl (C=O) groups is 2. The Morgan fingerprint density at radius 3 is 2.47 bits per heavy atom. The van der Waals surface area contributed by atoms with E-state index in [0.717, 1.165) is 10.9 Å². The number of fused-ring (bicyclic) bond motifs is 1. The van der Waals surface area contributed by atoms with E-state index >= 15 is 0 Å². The second kappa shape index (κ2) is 9.71. The van der Waals surface area contributed by atoms with Gasteiger partial charge in [0.15, 0.2) is 11.3 Å². The molecule has 10 heteroatoms. The van der Waals surface area contributed by atoms with Gasteiger partial charge in [0, 0.05) is 17.3 Å². The minimum atomic E-state index is -2.99. The van der Waals surface area contributed by atoms with Crippen LogP contribution in [0.5, 0.6) is 5.75 Å². The van der Waals surface area contributed by atoms with E-state index in [1.165, 1.54) is 29.2 Å². The number of halogens is 2. The molecule has 5 N–H and O–H groups in total. The smallest absolute Gasteiger partial charge is 0.387 e. The molecular weight excluding hydrogens is 492 g/mol. The average Bonchev–Trinajstić information content (AvgIpc) is 3.42. The number of aliphatic imine (C=N–C) groups is 1. The van der Waals surface area contributed by atoms with Crippen LogP contribution in [-0.4, -0.2) is 35.3 Å². The maximum atomic E-state index is 14.3. The molecule has 1 aliphatic heterocycles. The zero-order valence-corrected chi connectivity index (χ0v) is 20.4. The summed E-state index contributed by atoms with van der Waals surface area (Å²) in [6.07, 6.45) is 0.0713. The van der Waals surface area contributed by atoms with Crippen molar-refractivity contribution < 1.29 is 23.1 Å². The van der Waals surface area contributed by atoms with Gasteiger partial charge in [-0.2, -0.15) is 8.78 Å². The fourth-order valence-electron chi connectivity index (χ4n) is 4.64. The number of nitrogens with zero attached hydrogens (tertiary/aromatic N) is 2. The Kier molecular flexibility index (Phi) is 6.41. The summed E-state index contributed by atoms with van der Waals surface area (Å²) >= 11 is 0. The lowest BCUT2D eigenvalue weighted by Gasteiger charge is -2.27. The van der Waals surface area contributed by atoms with Crippen molar-refractivity contribution in [3.05, 3.63) is 95.6 Å². The van der Waals surface area contributed by atoms with Gasteiger partial charge in [-0.3, -0.25) is 9.59 Å². The van der Waals surface area contributed by atoms with Gasteiger partial charge in [-0.1, -0.05) is 54.6 Å². The number of ether oxygens (including phenoxy) is 1. The zero-order valence-electron chi connectivity index (χ0n) is 20.4. The van der Waals surface area contributed by atoms with E-state index in [9.17, 15) is 18.4 Å². The number of para-hydroxylation sites is 1. The lowest BCUT2D eigenvalue weighted by atomic mass is 9.81. The third kappa shape index (κ3) is 4.39. The van der Waals surface area contributed by atoms with Crippen molar-refractivity contribution >= 4 is 34.4 Å². The number of H-pyrrole nitrogens is 1. The van der Waals surface area contributed by atoms with Gasteiger partial charge in [0.2, 0.25) is 5.96 Å². The van der Waals surface area contributed by atoms with Crippen LogP contribution in [0.2, 0.25) is 0 Å². The number of guanidine groups is 1. The molecule has 0 saturated carbocycles. The topological polar surface area (TPSA) is 127 Å². The summed E-state index contributed by atoms with van der Waals surface area (Å²) in [7, 11) is 0. The minimum Gasteiger partial charge on any atom is -0.435 e. The third-order valence-corrected chi connectivity index (χ3v) is 6.51. The fourth-order valence-corrected chi connectivity index (χ4v) is 4.64. The number of aromatic nitrogens is 1. The molecule has 38 heavy (non-hydrogen) atoms. The summed E-state index contributed by atoms with van der Waals surface area (Å²) in [6, 6.07) is 21.3. The first-order valence-corrected chi connectivity index (χ1v) is 11.9. The molecule has 0 radical (unpaired) electrons. The molecule has 2 atom stereocenters. The van der Waals surface area contributed by atoms with Crippen LogP contribution in [0.25, 0.3) is 10.9 Å². The standard InChI is InChI=1S/C28H25F2N5O3/c1-16(31)23(36)14-17-5-4-7-20(13-17)28(19-9-11-21(12-10-19)38-26(29)30)25(37)35(27(32)34-28)24-15-18-6-2-3-8-22(18)33-24/h2-13,15-16,26,33H,14,31H2,1H3,(H2,32,34)/t16-,28?/m0/s1. The van der Waals surface area contributed by atoms with Crippen LogP contribution in [0.1, 0.15) is 23.6 Å². The molecule has 5 rings (SSSR count). The number of benzene rings is 3. The molecule has 8 nitrogen and oxygen atoms in total. The van der Waals surface area contributed by atoms with Crippen LogP contribution in [0.4, 0.5) is 14.6 Å². The van der Waals surface area contributed by atoms with Gasteiger partial charge in [-0.15, -0.1) is 0 Å². The van der Waals surface area contributed by atoms with Crippen molar-refractivity contribution in [2.75, 3.05) is 4.90 Å². The van der Waals surface area contributed by atoms with Crippen molar-refractivity contribution in [1.29, 1.82) is 0 Å². The van der Waals surface area contributed by atoms with E-state index in [2.05, 4.69) is 14.7 Å². The molecule has 0 fully saturated rings. The number of aromatic amines is 1. The van der Waals surface area contributed by atoms with Crippen molar-refractivity contribution in [3.8, 4) is 5.75 Å². The monoisotopic (exact) mass is 517 g/mol. The minimum absolute atomic E-state index is 0.0495. The summed E-state index contributed by atoms with van der Waals surface area (Å²) in [5, 5.41) is 0.880. The number of alkyl halides is 2. The van der Waals surface area contributed by atoms with Gasteiger partial charge < -0.3 is 21.2 Å². The van der Waals surface area contributed by atoms with Crippen molar-refractivity contribution in [2.45, 2.75) is 31.5 Å². The second-order valence-corrected chi connectivity index (χ2v) is 9.10. The number of carbonyl (C=O) groups excluding carboxylic acids is 2. The normalized spacial score (nSPS) is 18.2. The maximum Gasteiger partial charge on any atom is 0.387 e. The Bertz CT molecular complexity index is 1510. The number of hydrogen-bond donors (Lipinski definition) is 3. The molecule has 0 bridgehead atoms. The number of rotatable bonds is 8. The van der Waals surface area contributed by atoms with Crippen LogP contribution >= 0.6 is 0 Å². The molecule has 2 heterocycles. The van der Waals surface area contributed by atoms with E-state index in [-0.39, 0.29) is 23.9 Å². The Hall–Kier alpha value is -4.57. The van der Waals surface area contributed by atoms with E-state index in [1.54, 1.807) is 37.3 Å². The quantitative estimate of drug-likeness (QED) is 0.327. The first-order chi connectivity index (χ1) is 18.2. The largest absolute Gasteiger partial charge is 0.435 e. The molecule has 194 valence electrons. The third-order valence-electron chi connectivity index (χ3n) is 6.51. The van der Waals surface area contributed by atoms with Crippen molar-refractivity contribution in [2.24, 2.45) is 16.5 Å². The maximum absolute atomic E-state index is 14.3. The Morgan fingerprint density at radius 2 is 1.79 bits per heavy atom. The molecule has 4 aromatic rings. The molecule has 1 aliphatic rings. The zero-order chi connectivity index (χ0) is 27.0. The lowest BCUT2D eigenvalue weighted by Crippen LogP contribution is -2.44. The van der Waals surface area contributed by atoms with Gasteiger partial charge in [-0.05, 0) is 47.9 Å². The van der Waals surface area contributed by atoms with Crippen LogP contribution in [0, 0.1) is 0 Å². The fraction of sp³-hybridized carbons (Fsp3) is 0.179. The molecule has 1 unspecified atom stereocenters. The molecule has 1 aromatic heterocycles. The molecule has 0 aliphatic carbocycles. The predicted octanol–water partition coefficient (Wildman–Crippen LogP) is 3.83. The molecular formula is C28H25F2N5O3. The number of Topliss-reactive ketones (excluding diaryl/α,β-unsaturated/α-hetero) is 1. The number of nitrogens with two attached hydrogens (primary N) is 2. The van der Waals surface area contributed by atoms with Gasteiger partial charge in [-0.25, -0.2) is 9.89 Å². The van der Waals surface area contributed by atoms with Gasteiger partial charge >= 0.3 is 6.61 Å². The summed E-state index contributed by atoms with van der Waals surface area (Å²) in [5.74, 6) is -0.318. The first-order valence-electron chi connectivity index (χ1n) is 11.9. The number of nitrogens with one attached hydrogen (secondary N) is 1. The number of ketones is 1. The van der Waals surface area contributed by atoms with Crippen molar-refractivity contribution in [1.82, 2.24) is 4.98 Å². The average molecular weight is 518 g/mol. The molecule has 3 aromatic carbocycles. The SMILES string of the molecule is C[C@H](N)C(=O)Cc1cccc(C2(c3ccc(OC(F)F)cc3)N=C(N)N(c3cc4ccccc4[nH]3)C2=O)c1. The summed E-state index contributed by atoms with van der Waals surface area (Å²) in [4.78, 5) is 35.8. The molecule has 1 amide bonds.